The number of allylic oxidation sites excluding steroid dienone is 2. The topological polar surface area (TPSA) is 50.1 Å². The third-order valence-corrected chi connectivity index (χ3v) is 3.06. The van der Waals surface area contributed by atoms with Gasteiger partial charge < -0.3 is 4.74 Å². The van der Waals surface area contributed by atoms with Crippen molar-refractivity contribution in [1.29, 1.82) is 5.26 Å². The van der Waals surface area contributed by atoms with Gasteiger partial charge in [0.15, 0.2) is 0 Å². The van der Waals surface area contributed by atoms with Crippen LogP contribution in [0.2, 0.25) is 0 Å². The highest BCUT2D eigenvalue weighted by Gasteiger charge is 2.14. The molecule has 0 amide bonds. The summed E-state index contributed by atoms with van der Waals surface area (Å²) in [5.74, 6) is 0.0831. The molecule has 0 fully saturated rings. The number of nitriles is 1. The average molecular weight is 241 g/mol. The van der Waals surface area contributed by atoms with Crippen LogP contribution < -0.4 is 0 Å². The van der Waals surface area contributed by atoms with Crippen molar-refractivity contribution in [1.82, 2.24) is 0 Å². The number of hydrogen-bond acceptors (Lipinski definition) is 3. The van der Waals surface area contributed by atoms with Crippen molar-refractivity contribution in [2.24, 2.45) is 5.92 Å². The molecule has 0 spiro atoms. The van der Waals surface area contributed by atoms with E-state index in [1.165, 1.54) is 0 Å². The number of hydrogen-bond donors (Lipinski definition) is 0. The third-order valence-electron chi connectivity index (χ3n) is 3.06. The van der Waals surface area contributed by atoms with Crippen LogP contribution in [0.1, 0.15) is 35.2 Å². The molecule has 1 aromatic carbocycles. The van der Waals surface area contributed by atoms with Crippen molar-refractivity contribution in [2.45, 2.75) is 19.3 Å². The summed E-state index contributed by atoms with van der Waals surface area (Å²) in [6.45, 7) is 0.458. The molecule has 3 nitrogen and oxygen atoms in total. The first kappa shape index (κ1) is 12.4. The minimum absolute atomic E-state index is 0.346. The number of esters is 1. The molecule has 0 bridgehead atoms. The maximum Gasteiger partial charge on any atom is 0.338 e. The van der Waals surface area contributed by atoms with Crippen LogP contribution in [0.4, 0.5) is 0 Å². The molecular formula is C15H15NO2. The zero-order chi connectivity index (χ0) is 12.8. The van der Waals surface area contributed by atoms with E-state index >= 15 is 0 Å². The van der Waals surface area contributed by atoms with Gasteiger partial charge in [-0.15, -0.1) is 0 Å². The lowest BCUT2D eigenvalue weighted by atomic mass is 9.95. The molecule has 0 saturated heterocycles. The molecule has 92 valence electrons. The first-order valence-corrected chi connectivity index (χ1v) is 6.12. The Balaban J connectivity index is 1.91. The summed E-state index contributed by atoms with van der Waals surface area (Å²) >= 11 is 0. The zero-order valence-corrected chi connectivity index (χ0v) is 10.1. The highest BCUT2D eigenvalue weighted by atomic mass is 16.5. The second-order valence-electron chi connectivity index (χ2n) is 4.44. The van der Waals surface area contributed by atoms with E-state index in [2.05, 4.69) is 12.2 Å². The Labute approximate surface area is 107 Å². The van der Waals surface area contributed by atoms with Crippen molar-refractivity contribution >= 4 is 5.97 Å². The lowest BCUT2D eigenvalue weighted by Gasteiger charge is -2.17. The number of ether oxygens (including phenoxy) is 1. The number of nitrogens with zero attached hydrogens (tertiary/aromatic N) is 1. The molecular weight excluding hydrogens is 226 g/mol. The highest BCUT2D eigenvalue weighted by molar-refractivity contribution is 5.89. The van der Waals surface area contributed by atoms with Crippen LogP contribution in [-0.4, -0.2) is 12.6 Å². The van der Waals surface area contributed by atoms with Crippen LogP contribution in [0.3, 0.4) is 0 Å². The monoisotopic (exact) mass is 241 g/mol. The van der Waals surface area contributed by atoms with Gasteiger partial charge in [0.2, 0.25) is 0 Å². The largest absolute Gasteiger partial charge is 0.462 e. The van der Waals surface area contributed by atoms with Crippen LogP contribution in [-0.2, 0) is 4.74 Å². The smallest absolute Gasteiger partial charge is 0.338 e. The lowest BCUT2D eigenvalue weighted by Crippen LogP contribution is -2.15. The van der Waals surface area contributed by atoms with Gasteiger partial charge in [0.05, 0.1) is 23.8 Å². The maximum absolute atomic E-state index is 11.8. The van der Waals surface area contributed by atoms with Crippen LogP contribution >= 0.6 is 0 Å². The fraction of sp³-hybridized carbons (Fsp3) is 0.333. The van der Waals surface area contributed by atoms with E-state index in [0.717, 1.165) is 19.3 Å². The average Bonchev–Trinajstić information content (AvgIpc) is 2.46. The molecule has 18 heavy (non-hydrogen) atoms. The molecule has 1 aliphatic rings. The minimum atomic E-state index is -0.346. The highest BCUT2D eigenvalue weighted by Crippen LogP contribution is 2.18. The molecule has 3 heteroatoms. The van der Waals surface area contributed by atoms with Crippen molar-refractivity contribution in [3.05, 3.63) is 47.5 Å². The van der Waals surface area contributed by atoms with Crippen molar-refractivity contribution in [3.63, 3.8) is 0 Å². The van der Waals surface area contributed by atoms with Crippen molar-refractivity contribution < 1.29 is 9.53 Å². The number of benzene rings is 1. The van der Waals surface area contributed by atoms with E-state index in [1.807, 2.05) is 6.07 Å². The normalized spacial score (nSPS) is 18.1. The van der Waals surface area contributed by atoms with Gasteiger partial charge in [-0.2, -0.15) is 5.26 Å². The van der Waals surface area contributed by atoms with E-state index in [9.17, 15) is 4.79 Å². The van der Waals surface area contributed by atoms with Crippen LogP contribution in [0.5, 0.6) is 0 Å². The Kier molecular flexibility index (Phi) is 4.14. The summed E-state index contributed by atoms with van der Waals surface area (Å²) in [5.41, 5.74) is 0.922. The van der Waals surface area contributed by atoms with Gasteiger partial charge in [0.25, 0.3) is 0 Å². The predicted molar refractivity (Wildman–Crippen MR) is 67.9 cm³/mol. The molecule has 0 aromatic heterocycles. The summed E-state index contributed by atoms with van der Waals surface area (Å²) in [7, 11) is 0. The zero-order valence-electron chi connectivity index (χ0n) is 10.1. The Hall–Kier alpha value is -2.08. The van der Waals surface area contributed by atoms with E-state index in [-0.39, 0.29) is 5.97 Å². The quantitative estimate of drug-likeness (QED) is 0.603. The second-order valence-corrected chi connectivity index (χ2v) is 4.44. The van der Waals surface area contributed by atoms with Gasteiger partial charge in [-0.3, -0.25) is 0 Å². The molecule has 1 unspecified atom stereocenters. The van der Waals surface area contributed by atoms with Gasteiger partial charge in [-0.25, -0.2) is 4.79 Å². The van der Waals surface area contributed by atoms with E-state index in [0.29, 0.717) is 23.7 Å². The van der Waals surface area contributed by atoms with E-state index in [1.54, 1.807) is 24.3 Å². The Bertz CT molecular complexity index is 499. The van der Waals surface area contributed by atoms with Gasteiger partial charge in [0, 0.05) is 0 Å². The van der Waals surface area contributed by atoms with Crippen molar-refractivity contribution in [2.75, 3.05) is 6.61 Å². The van der Waals surface area contributed by atoms with E-state index < -0.39 is 0 Å². The lowest BCUT2D eigenvalue weighted by molar-refractivity contribution is 0.0432. The molecule has 1 aliphatic carbocycles. The molecule has 1 aromatic rings. The molecule has 0 radical (unpaired) electrons. The van der Waals surface area contributed by atoms with Gasteiger partial charge in [-0.05, 0) is 43.4 Å². The van der Waals surface area contributed by atoms with Crippen LogP contribution in [0.15, 0.2) is 36.4 Å². The predicted octanol–water partition coefficient (Wildman–Crippen LogP) is 3.07. The van der Waals surface area contributed by atoms with E-state index in [4.69, 9.17) is 10.00 Å². The third kappa shape index (κ3) is 3.21. The number of carbonyl (C=O) groups excluding carboxylic acids is 1. The van der Waals surface area contributed by atoms with Gasteiger partial charge >= 0.3 is 5.97 Å². The fourth-order valence-corrected chi connectivity index (χ4v) is 2.00. The van der Waals surface area contributed by atoms with Crippen LogP contribution in [0.25, 0.3) is 0 Å². The maximum atomic E-state index is 11.8. The summed E-state index contributed by atoms with van der Waals surface area (Å²) in [4.78, 5) is 11.8. The SMILES string of the molecule is N#Cc1cccc(C(=O)OCC2CC=CCC2)c1. The number of rotatable bonds is 3. The van der Waals surface area contributed by atoms with Crippen LogP contribution in [0, 0.1) is 17.2 Å². The number of carbonyl (C=O) groups is 1. The summed E-state index contributed by atoms with van der Waals surface area (Å²) in [6.07, 6.45) is 7.41. The Morgan fingerprint density at radius 1 is 1.44 bits per heavy atom. The first-order valence-electron chi connectivity index (χ1n) is 6.12. The molecule has 1 atom stereocenters. The molecule has 0 heterocycles. The molecule has 0 saturated carbocycles. The summed E-state index contributed by atoms with van der Waals surface area (Å²) < 4.78 is 5.28. The molecule has 0 N–H and O–H groups in total. The standard InChI is InChI=1S/C15H15NO2/c16-10-13-7-4-8-14(9-13)15(17)18-11-12-5-2-1-3-6-12/h1-2,4,7-9,12H,3,5-6,11H2. The molecule has 0 aliphatic heterocycles. The summed E-state index contributed by atoms with van der Waals surface area (Å²) in [5, 5.41) is 8.77. The van der Waals surface area contributed by atoms with Gasteiger partial charge in [-0.1, -0.05) is 18.2 Å². The minimum Gasteiger partial charge on any atom is -0.462 e. The summed E-state index contributed by atoms with van der Waals surface area (Å²) in [6, 6.07) is 8.60. The second kappa shape index (κ2) is 6.02. The fourth-order valence-electron chi connectivity index (χ4n) is 2.00. The van der Waals surface area contributed by atoms with Gasteiger partial charge in [0.1, 0.15) is 0 Å². The Morgan fingerprint density at radius 3 is 3.06 bits per heavy atom. The Morgan fingerprint density at radius 2 is 2.33 bits per heavy atom. The molecule has 2 rings (SSSR count). The van der Waals surface area contributed by atoms with Crippen molar-refractivity contribution in [3.8, 4) is 6.07 Å². The first-order chi connectivity index (χ1) is 8.79.